The number of aromatic nitrogens is 2. The second-order valence-corrected chi connectivity index (χ2v) is 5.66. The van der Waals surface area contributed by atoms with Crippen molar-refractivity contribution in [2.24, 2.45) is 0 Å². The lowest BCUT2D eigenvalue weighted by molar-refractivity contribution is 0.596. The van der Waals surface area contributed by atoms with E-state index in [1.165, 1.54) is 6.33 Å². The van der Waals surface area contributed by atoms with Gasteiger partial charge in [0, 0.05) is 28.9 Å². The van der Waals surface area contributed by atoms with Crippen molar-refractivity contribution in [3.63, 3.8) is 0 Å². The number of hydrogen-bond donors (Lipinski definition) is 1. The molecule has 0 aromatic carbocycles. The Kier molecular flexibility index (Phi) is 5.47. The zero-order valence-corrected chi connectivity index (χ0v) is 11.2. The lowest BCUT2D eigenvalue weighted by Gasteiger charge is -2.10. The first kappa shape index (κ1) is 14.0. The van der Waals surface area contributed by atoms with Crippen LogP contribution in [0, 0.1) is 5.82 Å². The summed E-state index contributed by atoms with van der Waals surface area (Å²) >= 11 is 0. The van der Waals surface area contributed by atoms with Crippen molar-refractivity contribution in [3.05, 3.63) is 17.8 Å². The third-order valence-electron chi connectivity index (χ3n) is 2.61. The van der Waals surface area contributed by atoms with E-state index in [1.54, 1.807) is 6.26 Å². The number of rotatable bonds is 6. The van der Waals surface area contributed by atoms with E-state index >= 15 is 0 Å². The summed E-state index contributed by atoms with van der Waals surface area (Å²) in [6.45, 7) is 4.31. The summed E-state index contributed by atoms with van der Waals surface area (Å²) in [4.78, 5) is 7.71. The van der Waals surface area contributed by atoms with Crippen LogP contribution in [0.5, 0.6) is 0 Å². The molecule has 0 fully saturated rings. The predicted octanol–water partition coefficient (Wildman–Crippen LogP) is 1.75. The maximum Gasteiger partial charge on any atom is 0.186 e. The molecule has 1 aromatic heterocycles. The van der Waals surface area contributed by atoms with Crippen molar-refractivity contribution in [1.29, 1.82) is 0 Å². The number of nitrogens with one attached hydrogen (secondary N) is 1. The van der Waals surface area contributed by atoms with Crippen LogP contribution in [0.15, 0.2) is 6.33 Å². The van der Waals surface area contributed by atoms with Gasteiger partial charge in [-0.1, -0.05) is 13.8 Å². The van der Waals surface area contributed by atoms with Crippen LogP contribution in [0.4, 0.5) is 10.2 Å². The molecule has 2 atom stereocenters. The molecule has 6 heteroatoms. The minimum absolute atomic E-state index is 0.0954. The van der Waals surface area contributed by atoms with Gasteiger partial charge in [-0.15, -0.1) is 0 Å². The van der Waals surface area contributed by atoms with Gasteiger partial charge in [-0.25, -0.2) is 14.4 Å². The van der Waals surface area contributed by atoms with E-state index in [1.807, 2.05) is 13.8 Å². The van der Waals surface area contributed by atoms with E-state index in [9.17, 15) is 8.60 Å². The zero-order chi connectivity index (χ0) is 12.8. The molecule has 0 aliphatic carbocycles. The van der Waals surface area contributed by atoms with Crippen LogP contribution in [-0.2, 0) is 17.2 Å². The van der Waals surface area contributed by atoms with Crippen LogP contribution in [0.25, 0.3) is 0 Å². The first-order valence-electron chi connectivity index (χ1n) is 5.61. The van der Waals surface area contributed by atoms with Crippen molar-refractivity contribution >= 4 is 16.6 Å². The highest BCUT2D eigenvalue weighted by Crippen LogP contribution is 2.13. The normalized spacial score (nSPS) is 14.4. The van der Waals surface area contributed by atoms with Crippen LogP contribution in [0.2, 0.25) is 0 Å². The van der Waals surface area contributed by atoms with E-state index in [-0.39, 0.29) is 16.9 Å². The van der Waals surface area contributed by atoms with Gasteiger partial charge >= 0.3 is 0 Å². The first-order valence-corrected chi connectivity index (χ1v) is 7.23. The van der Waals surface area contributed by atoms with E-state index in [0.29, 0.717) is 25.1 Å². The van der Waals surface area contributed by atoms with Crippen LogP contribution in [0.1, 0.15) is 26.0 Å². The molecule has 0 saturated carbocycles. The van der Waals surface area contributed by atoms with Gasteiger partial charge in [0.05, 0.1) is 5.69 Å². The number of anilines is 1. The monoisotopic (exact) mass is 259 g/mol. The number of halogens is 1. The molecule has 96 valence electrons. The molecule has 2 unspecified atom stereocenters. The van der Waals surface area contributed by atoms with Gasteiger partial charge in [-0.3, -0.25) is 4.21 Å². The Labute approximate surface area is 104 Å². The highest BCUT2D eigenvalue weighted by atomic mass is 32.2. The average Bonchev–Trinajstić information content (AvgIpc) is 2.31. The Morgan fingerprint density at radius 2 is 2.24 bits per heavy atom. The highest BCUT2D eigenvalue weighted by molar-refractivity contribution is 7.84. The summed E-state index contributed by atoms with van der Waals surface area (Å²) in [6.07, 6.45) is 4.28. The molecule has 0 aliphatic heterocycles. The van der Waals surface area contributed by atoms with Gasteiger partial charge in [-0.2, -0.15) is 0 Å². The summed E-state index contributed by atoms with van der Waals surface area (Å²) in [5, 5.41) is 3.01. The van der Waals surface area contributed by atoms with E-state index in [4.69, 9.17) is 0 Å². The van der Waals surface area contributed by atoms with Crippen molar-refractivity contribution in [3.8, 4) is 0 Å². The molecule has 1 N–H and O–H groups in total. The molecule has 0 spiro atoms. The standard InChI is InChI=1S/C11H18FN3OS/c1-4-9-10(12)11(15-7-14-9)13-6-5-8(2)17(3)16/h7-8H,4-6H2,1-3H3,(H,13,14,15). The van der Waals surface area contributed by atoms with Gasteiger partial charge in [0.1, 0.15) is 6.33 Å². The highest BCUT2D eigenvalue weighted by Gasteiger charge is 2.10. The summed E-state index contributed by atoms with van der Waals surface area (Å²) in [5.74, 6) is -0.161. The van der Waals surface area contributed by atoms with Crippen LogP contribution < -0.4 is 5.32 Å². The van der Waals surface area contributed by atoms with Crippen LogP contribution in [-0.4, -0.2) is 32.2 Å². The molecule has 0 saturated heterocycles. The summed E-state index contributed by atoms with van der Waals surface area (Å²) in [5.41, 5.74) is 0.412. The van der Waals surface area contributed by atoms with E-state index in [0.717, 1.165) is 0 Å². The van der Waals surface area contributed by atoms with Gasteiger partial charge < -0.3 is 5.32 Å². The lowest BCUT2D eigenvalue weighted by atomic mass is 10.3. The molecule has 1 rings (SSSR count). The SMILES string of the molecule is CCc1ncnc(NCCC(C)S(C)=O)c1F. The van der Waals surface area contributed by atoms with Crippen LogP contribution >= 0.6 is 0 Å². The smallest absolute Gasteiger partial charge is 0.186 e. The number of nitrogens with zero attached hydrogens (tertiary/aromatic N) is 2. The average molecular weight is 259 g/mol. The minimum Gasteiger partial charge on any atom is -0.367 e. The maximum atomic E-state index is 13.7. The van der Waals surface area contributed by atoms with Gasteiger partial charge in [-0.05, 0) is 12.8 Å². The van der Waals surface area contributed by atoms with Gasteiger partial charge in [0.25, 0.3) is 0 Å². The minimum atomic E-state index is -0.846. The maximum absolute atomic E-state index is 13.7. The van der Waals surface area contributed by atoms with Crippen LogP contribution in [0.3, 0.4) is 0 Å². The second-order valence-electron chi connectivity index (χ2n) is 3.86. The summed E-state index contributed by atoms with van der Waals surface area (Å²) < 4.78 is 24.8. The van der Waals surface area contributed by atoms with Crippen molar-refractivity contribution in [2.45, 2.75) is 31.9 Å². The largest absolute Gasteiger partial charge is 0.367 e. The summed E-state index contributed by atoms with van der Waals surface area (Å²) in [6, 6.07) is 0. The van der Waals surface area contributed by atoms with Gasteiger partial charge in [0.15, 0.2) is 11.6 Å². The molecular formula is C11H18FN3OS. The lowest BCUT2D eigenvalue weighted by Crippen LogP contribution is -2.16. The molecule has 4 nitrogen and oxygen atoms in total. The Morgan fingerprint density at radius 1 is 1.53 bits per heavy atom. The third-order valence-corrected chi connectivity index (χ3v) is 3.98. The molecule has 17 heavy (non-hydrogen) atoms. The Bertz CT molecular complexity index is 400. The molecule has 0 radical (unpaired) electrons. The van der Waals surface area contributed by atoms with Crippen molar-refractivity contribution in [1.82, 2.24) is 9.97 Å². The number of aryl methyl sites for hydroxylation is 1. The summed E-state index contributed by atoms with van der Waals surface area (Å²) in [7, 11) is -0.846. The molecule has 1 aromatic rings. The molecular weight excluding hydrogens is 241 g/mol. The topological polar surface area (TPSA) is 54.9 Å². The quantitative estimate of drug-likeness (QED) is 0.845. The Morgan fingerprint density at radius 3 is 2.82 bits per heavy atom. The Balaban J connectivity index is 2.55. The molecule has 0 amide bonds. The van der Waals surface area contributed by atoms with Gasteiger partial charge in [0.2, 0.25) is 0 Å². The van der Waals surface area contributed by atoms with Crippen molar-refractivity contribution < 1.29 is 8.60 Å². The van der Waals surface area contributed by atoms with E-state index < -0.39 is 10.8 Å². The van der Waals surface area contributed by atoms with E-state index in [2.05, 4.69) is 15.3 Å². The molecule has 0 bridgehead atoms. The fraction of sp³-hybridized carbons (Fsp3) is 0.636. The molecule has 0 aliphatic rings. The fourth-order valence-electron chi connectivity index (χ4n) is 1.34. The Hall–Kier alpha value is -1.04. The zero-order valence-electron chi connectivity index (χ0n) is 10.4. The molecule has 1 heterocycles. The number of hydrogen-bond acceptors (Lipinski definition) is 4. The second kappa shape index (κ2) is 6.64. The van der Waals surface area contributed by atoms with Crippen molar-refractivity contribution in [2.75, 3.05) is 18.1 Å². The predicted molar refractivity (Wildman–Crippen MR) is 68.0 cm³/mol. The first-order chi connectivity index (χ1) is 8.06. The fourth-order valence-corrected chi connectivity index (χ4v) is 1.79. The third kappa shape index (κ3) is 4.03.